The third-order valence-corrected chi connectivity index (χ3v) is 2.17. The summed E-state index contributed by atoms with van der Waals surface area (Å²) in [5, 5.41) is 19.3. The maximum Gasteiger partial charge on any atom is 0.421 e. The standard InChI is InChI=1S/C7H3BrF3NO3/c8-4-1-3(12(14)15)2-5(13)6(4)7(9,10)11/h1-2,13H. The number of phenolic OH excluding ortho intramolecular Hbond substituents is 1. The van der Waals surface area contributed by atoms with Crippen molar-refractivity contribution in [2.45, 2.75) is 6.18 Å². The van der Waals surface area contributed by atoms with Gasteiger partial charge in [-0.05, 0) is 15.9 Å². The number of alkyl halides is 3. The van der Waals surface area contributed by atoms with Gasteiger partial charge in [-0.1, -0.05) is 0 Å². The molecule has 0 saturated carbocycles. The number of nitro benzene ring substituents is 1. The normalized spacial score (nSPS) is 11.5. The van der Waals surface area contributed by atoms with Crippen molar-refractivity contribution >= 4 is 21.6 Å². The molecule has 0 heterocycles. The molecule has 0 aliphatic rings. The molecule has 15 heavy (non-hydrogen) atoms. The van der Waals surface area contributed by atoms with Crippen molar-refractivity contribution in [3.8, 4) is 5.75 Å². The van der Waals surface area contributed by atoms with Crippen LogP contribution in [0, 0.1) is 10.1 Å². The fraction of sp³-hybridized carbons (Fsp3) is 0.143. The highest BCUT2D eigenvalue weighted by atomic mass is 79.9. The summed E-state index contributed by atoms with van der Waals surface area (Å²) in [5.41, 5.74) is -1.94. The molecule has 0 aliphatic carbocycles. The summed E-state index contributed by atoms with van der Waals surface area (Å²) < 4.78 is 36.3. The molecule has 1 aromatic rings. The lowest BCUT2D eigenvalue weighted by molar-refractivity contribution is -0.385. The average molecular weight is 286 g/mol. The van der Waals surface area contributed by atoms with E-state index in [9.17, 15) is 23.3 Å². The van der Waals surface area contributed by atoms with Crippen LogP contribution < -0.4 is 0 Å². The van der Waals surface area contributed by atoms with Crippen molar-refractivity contribution in [3.63, 3.8) is 0 Å². The minimum atomic E-state index is -4.77. The molecule has 0 unspecified atom stereocenters. The van der Waals surface area contributed by atoms with Gasteiger partial charge < -0.3 is 5.11 Å². The zero-order chi connectivity index (χ0) is 11.8. The second kappa shape index (κ2) is 3.69. The molecule has 8 heteroatoms. The maximum absolute atomic E-state index is 12.3. The Balaban J connectivity index is 3.41. The van der Waals surface area contributed by atoms with Crippen molar-refractivity contribution in [1.82, 2.24) is 0 Å². The van der Waals surface area contributed by atoms with E-state index in [-0.39, 0.29) is 0 Å². The van der Waals surface area contributed by atoms with E-state index < -0.39 is 32.6 Å². The summed E-state index contributed by atoms with van der Waals surface area (Å²) in [6, 6.07) is 1.14. The van der Waals surface area contributed by atoms with Gasteiger partial charge in [0.05, 0.1) is 11.0 Å². The Bertz CT molecular complexity index is 395. The molecule has 0 aromatic heterocycles. The predicted molar refractivity (Wildman–Crippen MR) is 47.5 cm³/mol. The first-order valence-corrected chi connectivity index (χ1v) is 4.27. The highest BCUT2D eigenvalue weighted by molar-refractivity contribution is 9.10. The molecular weight excluding hydrogens is 283 g/mol. The van der Waals surface area contributed by atoms with E-state index >= 15 is 0 Å². The monoisotopic (exact) mass is 285 g/mol. The molecule has 0 fully saturated rings. The third kappa shape index (κ3) is 2.38. The Morgan fingerprint density at radius 3 is 2.27 bits per heavy atom. The summed E-state index contributed by atoms with van der Waals surface area (Å²) in [5.74, 6) is -1.18. The predicted octanol–water partition coefficient (Wildman–Crippen LogP) is 3.08. The summed E-state index contributed by atoms with van der Waals surface area (Å²) in [6.45, 7) is 0. The molecule has 0 bridgehead atoms. The maximum atomic E-state index is 12.3. The van der Waals surface area contributed by atoms with Gasteiger partial charge in [-0.25, -0.2) is 0 Å². The molecule has 0 amide bonds. The fourth-order valence-electron chi connectivity index (χ4n) is 0.964. The van der Waals surface area contributed by atoms with Gasteiger partial charge >= 0.3 is 6.18 Å². The van der Waals surface area contributed by atoms with Crippen LogP contribution in [0.2, 0.25) is 0 Å². The third-order valence-electron chi connectivity index (χ3n) is 1.55. The Kier molecular flexibility index (Phi) is 2.89. The van der Waals surface area contributed by atoms with Crippen molar-refractivity contribution in [3.05, 3.63) is 32.3 Å². The van der Waals surface area contributed by atoms with E-state index in [1.165, 1.54) is 0 Å². The Morgan fingerprint density at radius 1 is 1.40 bits per heavy atom. The van der Waals surface area contributed by atoms with Crippen molar-refractivity contribution in [2.75, 3.05) is 0 Å². The Hall–Kier alpha value is -1.31. The van der Waals surface area contributed by atoms with Gasteiger partial charge in [0.25, 0.3) is 5.69 Å². The smallest absolute Gasteiger partial charge is 0.421 e. The summed E-state index contributed by atoms with van der Waals surface area (Å²) >= 11 is 2.52. The van der Waals surface area contributed by atoms with E-state index in [0.717, 1.165) is 0 Å². The van der Waals surface area contributed by atoms with Crippen LogP contribution in [0.1, 0.15) is 5.56 Å². The molecule has 0 spiro atoms. The van der Waals surface area contributed by atoms with Gasteiger partial charge in [-0.2, -0.15) is 13.2 Å². The van der Waals surface area contributed by atoms with E-state index in [1.807, 2.05) is 0 Å². The van der Waals surface area contributed by atoms with Gasteiger partial charge in [0.2, 0.25) is 0 Å². The number of hydrogen-bond donors (Lipinski definition) is 1. The molecule has 0 radical (unpaired) electrons. The number of halogens is 4. The van der Waals surface area contributed by atoms with Crippen LogP contribution in [0.4, 0.5) is 18.9 Å². The summed E-state index contributed by atoms with van der Waals surface area (Å²) in [6.07, 6.45) is -4.77. The van der Waals surface area contributed by atoms with Crippen LogP contribution in [0.5, 0.6) is 5.75 Å². The number of benzene rings is 1. The first-order chi connectivity index (χ1) is 6.73. The fourth-order valence-corrected chi connectivity index (χ4v) is 1.63. The molecule has 0 atom stereocenters. The molecule has 4 nitrogen and oxygen atoms in total. The van der Waals surface area contributed by atoms with Gasteiger partial charge in [0.15, 0.2) is 0 Å². The second-order valence-corrected chi connectivity index (χ2v) is 3.43. The number of aromatic hydroxyl groups is 1. The quantitative estimate of drug-likeness (QED) is 0.637. The molecule has 0 aliphatic heterocycles. The summed E-state index contributed by atoms with van der Waals surface area (Å²) in [4.78, 5) is 9.36. The summed E-state index contributed by atoms with van der Waals surface area (Å²) in [7, 11) is 0. The highest BCUT2D eigenvalue weighted by Gasteiger charge is 2.37. The van der Waals surface area contributed by atoms with E-state index in [2.05, 4.69) is 15.9 Å². The topological polar surface area (TPSA) is 63.4 Å². The lowest BCUT2D eigenvalue weighted by Gasteiger charge is -2.10. The van der Waals surface area contributed by atoms with Gasteiger partial charge in [-0.3, -0.25) is 10.1 Å². The number of non-ortho nitro benzene ring substituents is 1. The lowest BCUT2D eigenvalue weighted by Crippen LogP contribution is -2.07. The molecule has 82 valence electrons. The largest absolute Gasteiger partial charge is 0.507 e. The Labute approximate surface area is 89.6 Å². The SMILES string of the molecule is O=[N+]([O-])c1cc(O)c(C(F)(F)F)c(Br)c1. The second-order valence-electron chi connectivity index (χ2n) is 2.58. The minimum absolute atomic E-state index is 0.452. The Morgan fingerprint density at radius 2 is 1.93 bits per heavy atom. The van der Waals surface area contributed by atoms with Crippen molar-refractivity contribution in [2.24, 2.45) is 0 Å². The molecule has 1 rings (SSSR count). The zero-order valence-corrected chi connectivity index (χ0v) is 8.46. The van der Waals surface area contributed by atoms with E-state index in [1.54, 1.807) is 0 Å². The van der Waals surface area contributed by atoms with Crippen LogP contribution in [0.15, 0.2) is 16.6 Å². The van der Waals surface area contributed by atoms with Gasteiger partial charge in [0.1, 0.15) is 11.3 Å². The van der Waals surface area contributed by atoms with Crippen LogP contribution in [-0.4, -0.2) is 10.0 Å². The zero-order valence-electron chi connectivity index (χ0n) is 6.88. The van der Waals surface area contributed by atoms with E-state index in [4.69, 9.17) is 5.11 Å². The average Bonchev–Trinajstić information content (AvgIpc) is 1.99. The van der Waals surface area contributed by atoms with Crippen LogP contribution in [0.25, 0.3) is 0 Å². The molecule has 0 saturated heterocycles. The first-order valence-electron chi connectivity index (χ1n) is 3.47. The molecule has 1 aromatic carbocycles. The number of nitro groups is 1. The molecular formula is C7H3BrF3NO3. The van der Waals surface area contributed by atoms with Crippen LogP contribution >= 0.6 is 15.9 Å². The van der Waals surface area contributed by atoms with Crippen molar-refractivity contribution < 1.29 is 23.2 Å². The first kappa shape index (κ1) is 11.8. The van der Waals surface area contributed by atoms with Crippen LogP contribution in [-0.2, 0) is 6.18 Å². The number of nitrogens with zero attached hydrogens (tertiary/aromatic N) is 1. The number of rotatable bonds is 1. The van der Waals surface area contributed by atoms with Crippen LogP contribution in [0.3, 0.4) is 0 Å². The number of hydrogen-bond acceptors (Lipinski definition) is 3. The van der Waals surface area contributed by atoms with Gasteiger partial charge in [0, 0.05) is 10.5 Å². The number of phenols is 1. The van der Waals surface area contributed by atoms with E-state index in [0.29, 0.717) is 12.1 Å². The molecule has 1 N–H and O–H groups in total. The highest BCUT2D eigenvalue weighted by Crippen LogP contribution is 2.42. The lowest BCUT2D eigenvalue weighted by atomic mass is 10.2. The van der Waals surface area contributed by atoms with Crippen molar-refractivity contribution in [1.29, 1.82) is 0 Å². The minimum Gasteiger partial charge on any atom is -0.507 e. The van der Waals surface area contributed by atoms with Gasteiger partial charge in [-0.15, -0.1) is 0 Å².